The summed E-state index contributed by atoms with van der Waals surface area (Å²) >= 11 is 0. The lowest BCUT2D eigenvalue weighted by Gasteiger charge is -2.04. The molecule has 9 heteroatoms. The highest BCUT2D eigenvalue weighted by molar-refractivity contribution is 7.90. The smallest absolute Gasteiger partial charge is 0.192 e. The fourth-order valence-electron chi connectivity index (χ4n) is 1.66. The molecule has 0 aliphatic heterocycles. The zero-order chi connectivity index (χ0) is 15.3. The van der Waals surface area contributed by atoms with Gasteiger partial charge in [-0.2, -0.15) is 0 Å². The number of aliphatic hydroxyl groups is 1. The zero-order valence-electron chi connectivity index (χ0n) is 11.6. The van der Waals surface area contributed by atoms with Crippen LogP contribution in [-0.2, 0) is 22.9 Å². The normalized spacial score (nSPS) is 11.5. The highest BCUT2D eigenvalue weighted by Gasteiger charge is 2.08. The second-order valence-electron chi connectivity index (χ2n) is 4.56. The molecule has 0 aliphatic carbocycles. The van der Waals surface area contributed by atoms with Gasteiger partial charge in [0.25, 0.3) is 0 Å². The highest BCUT2D eigenvalue weighted by atomic mass is 32.2. The fourth-order valence-corrected chi connectivity index (χ4v) is 2.22. The highest BCUT2D eigenvalue weighted by Crippen LogP contribution is 2.11. The van der Waals surface area contributed by atoms with Crippen LogP contribution in [0, 0.1) is 0 Å². The lowest BCUT2D eigenvalue weighted by Crippen LogP contribution is -2.03. The minimum Gasteiger partial charge on any atom is -0.396 e. The van der Waals surface area contributed by atoms with Crippen molar-refractivity contribution in [2.24, 2.45) is 0 Å². The molecule has 2 N–H and O–H groups in total. The molecule has 0 atom stereocenters. The van der Waals surface area contributed by atoms with E-state index in [4.69, 9.17) is 5.11 Å². The summed E-state index contributed by atoms with van der Waals surface area (Å²) in [7, 11) is -3.28. The molecule has 0 amide bonds. The Labute approximate surface area is 122 Å². The van der Waals surface area contributed by atoms with Gasteiger partial charge < -0.3 is 10.4 Å². The average Bonchev–Trinajstić information content (AvgIpc) is 2.90. The quantitative estimate of drug-likeness (QED) is 0.744. The minimum atomic E-state index is -3.28. The minimum absolute atomic E-state index is 0.0444. The first-order valence-corrected chi connectivity index (χ1v) is 8.28. The van der Waals surface area contributed by atoms with Gasteiger partial charge in [-0.25, -0.2) is 13.4 Å². The molecule has 8 nitrogen and oxygen atoms in total. The van der Waals surface area contributed by atoms with E-state index in [0.29, 0.717) is 25.2 Å². The molecule has 0 aromatic carbocycles. The average molecular weight is 311 g/mol. The number of anilines is 1. The van der Waals surface area contributed by atoms with E-state index < -0.39 is 9.84 Å². The lowest BCUT2D eigenvalue weighted by molar-refractivity contribution is 0.276. The van der Waals surface area contributed by atoms with E-state index in [1.54, 1.807) is 16.9 Å². The third-order valence-corrected chi connectivity index (χ3v) is 3.72. The van der Waals surface area contributed by atoms with Crippen LogP contribution >= 0.6 is 0 Å². The number of hydrogen-bond acceptors (Lipinski definition) is 7. The summed E-state index contributed by atoms with van der Waals surface area (Å²) in [6.45, 7) is 1.19. The molecule has 2 heterocycles. The van der Waals surface area contributed by atoms with Crippen LogP contribution in [0.5, 0.6) is 0 Å². The van der Waals surface area contributed by atoms with E-state index in [1.807, 2.05) is 0 Å². The number of aliphatic hydroxyl groups excluding tert-OH is 1. The van der Waals surface area contributed by atoms with Gasteiger partial charge in [0.15, 0.2) is 14.9 Å². The number of aromatic nitrogens is 4. The number of aryl methyl sites for hydroxylation is 1. The standard InChI is InChI=1S/C12H17N5O3S/c1-21(19,20)12-4-3-10(7-14-12)13-8-11-9-17(16-15-11)5-2-6-18/h3-4,7,9,13,18H,2,5-6,8H2,1H3. The molecule has 0 radical (unpaired) electrons. The molecular formula is C12H17N5O3S. The van der Waals surface area contributed by atoms with Crippen LogP contribution in [-0.4, -0.2) is 46.4 Å². The summed E-state index contributed by atoms with van der Waals surface area (Å²) < 4.78 is 24.2. The number of pyridine rings is 1. The lowest BCUT2D eigenvalue weighted by atomic mass is 10.4. The first kappa shape index (κ1) is 15.4. The van der Waals surface area contributed by atoms with Crippen molar-refractivity contribution in [3.05, 3.63) is 30.2 Å². The van der Waals surface area contributed by atoms with Gasteiger partial charge in [0.05, 0.1) is 24.6 Å². The third-order valence-electron chi connectivity index (χ3n) is 2.72. The van der Waals surface area contributed by atoms with E-state index in [-0.39, 0.29) is 11.6 Å². The Morgan fingerprint density at radius 1 is 1.38 bits per heavy atom. The first-order chi connectivity index (χ1) is 9.99. The van der Waals surface area contributed by atoms with Crippen molar-refractivity contribution in [3.8, 4) is 0 Å². The Balaban J connectivity index is 1.92. The summed E-state index contributed by atoms with van der Waals surface area (Å²) in [5.41, 5.74) is 1.45. The molecule has 0 bridgehead atoms. The Hall–Kier alpha value is -2.00. The van der Waals surface area contributed by atoms with E-state index in [2.05, 4.69) is 20.6 Å². The second kappa shape index (κ2) is 6.64. The van der Waals surface area contributed by atoms with Gasteiger partial charge in [-0.05, 0) is 18.6 Å². The van der Waals surface area contributed by atoms with Crippen LogP contribution in [0.2, 0.25) is 0 Å². The molecule has 114 valence electrons. The summed E-state index contributed by atoms with van der Waals surface area (Å²) in [5, 5.41) is 19.8. The molecule has 2 aromatic heterocycles. The molecule has 2 rings (SSSR count). The Kier molecular flexibility index (Phi) is 4.86. The van der Waals surface area contributed by atoms with E-state index in [1.165, 1.54) is 12.3 Å². The Morgan fingerprint density at radius 3 is 2.81 bits per heavy atom. The van der Waals surface area contributed by atoms with Gasteiger partial charge in [0.1, 0.15) is 5.69 Å². The van der Waals surface area contributed by atoms with Crippen LogP contribution in [0.4, 0.5) is 5.69 Å². The maximum atomic E-state index is 11.3. The van der Waals surface area contributed by atoms with Crippen molar-refractivity contribution in [2.45, 2.75) is 24.5 Å². The van der Waals surface area contributed by atoms with Crippen molar-refractivity contribution in [2.75, 3.05) is 18.2 Å². The topological polar surface area (TPSA) is 110 Å². The number of nitrogens with one attached hydrogen (secondary N) is 1. The molecule has 0 fully saturated rings. The monoisotopic (exact) mass is 311 g/mol. The van der Waals surface area contributed by atoms with E-state index in [9.17, 15) is 8.42 Å². The molecule has 0 spiro atoms. The summed E-state index contributed by atoms with van der Waals surface area (Å²) in [4.78, 5) is 3.89. The maximum Gasteiger partial charge on any atom is 0.192 e. The van der Waals surface area contributed by atoms with Gasteiger partial charge in [0.2, 0.25) is 0 Å². The molecule has 0 saturated heterocycles. The molecular weight excluding hydrogens is 294 g/mol. The van der Waals surface area contributed by atoms with Crippen molar-refractivity contribution in [1.82, 2.24) is 20.0 Å². The van der Waals surface area contributed by atoms with Crippen molar-refractivity contribution in [3.63, 3.8) is 0 Å². The van der Waals surface area contributed by atoms with Gasteiger partial charge in [0, 0.05) is 19.4 Å². The Morgan fingerprint density at radius 2 is 2.19 bits per heavy atom. The van der Waals surface area contributed by atoms with Crippen LogP contribution in [0.3, 0.4) is 0 Å². The molecule has 0 aliphatic rings. The van der Waals surface area contributed by atoms with Gasteiger partial charge >= 0.3 is 0 Å². The second-order valence-corrected chi connectivity index (χ2v) is 6.52. The molecule has 0 unspecified atom stereocenters. The molecule has 2 aromatic rings. The van der Waals surface area contributed by atoms with Crippen LogP contribution in [0.1, 0.15) is 12.1 Å². The van der Waals surface area contributed by atoms with E-state index >= 15 is 0 Å². The third kappa shape index (κ3) is 4.50. The summed E-state index contributed by atoms with van der Waals surface area (Å²) in [6.07, 6.45) is 5.01. The largest absolute Gasteiger partial charge is 0.396 e. The van der Waals surface area contributed by atoms with Crippen LogP contribution in [0.15, 0.2) is 29.6 Å². The van der Waals surface area contributed by atoms with Crippen molar-refractivity contribution < 1.29 is 13.5 Å². The van der Waals surface area contributed by atoms with Crippen molar-refractivity contribution in [1.29, 1.82) is 0 Å². The SMILES string of the molecule is CS(=O)(=O)c1ccc(NCc2cn(CCCO)nn2)cn1. The summed E-state index contributed by atoms with van der Waals surface area (Å²) in [5.74, 6) is 0. The predicted octanol–water partition coefficient (Wildman–Crippen LogP) is 0.0711. The number of nitrogens with zero attached hydrogens (tertiary/aromatic N) is 4. The van der Waals surface area contributed by atoms with Crippen LogP contribution < -0.4 is 5.32 Å². The maximum absolute atomic E-state index is 11.3. The number of rotatable bonds is 7. The summed E-state index contributed by atoms with van der Waals surface area (Å²) in [6, 6.07) is 3.11. The zero-order valence-corrected chi connectivity index (χ0v) is 12.4. The number of hydrogen-bond donors (Lipinski definition) is 2. The van der Waals surface area contributed by atoms with Gasteiger partial charge in [-0.1, -0.05) is 5.21 Å². The van der Waals surface area contributed by atoms with Crippen molar-refractivity contribution >= 4 is 15.5 Å². The first-order valence-electron chi connectivity index (χ1n) is 6.39. The predicted molar refractivity (Wildman–Crippen MR) is 76.4 cm³/mol. The molecule has 0 saturated carbocycles. The van der Waals surface area contributed by atoms with Gasteiger partial charge in [-0.3, -0.25) is 4.68 Å². The fraction of sp³-hybridized carbons (Fsp3) is 0.417. The Bertz CT molecular complexity index is 681. The van der Waals surface area contributed by atoms with Gasteiger partial charge in [-0.15, -0.1) is 5.10 Å². The van der Waals surface area contributed by atoms with Crippen LogP contribution in [0.25, 0.3) is 0 Å². The number of sulfone groups is 1. The van der Waals surface area contributed by atoms with E-state index in [0.717, 1.165) is 11.9 Å². The molecule has 21 heavy (non-hydrogen) atoms.